The summed E-state index contributed by atoms with van der Waals surface area (Å²) in [4.78, 5) is 36.2. The fourth-order valence-electron chi connectivity index (χ4n) is 2.48. The molecule has 0 saturated carbocycles. The number of nitrogens with two attached hydrogens (primary N) is 1. The normalized spacial score (nSPS) is 11.4. The number of ether oxygens (including phenoxy) is 3. The number of amides is 2. The molecule has 0 radical (unpaired) electrons. The van der Waals surface area contributed by atoms with E-state index in [1.807, 2.05) is 6.07 Å². The Kier molecular flexibility index (Phi) is 9.71. The number of halogens is 4. The summed E-state index contributed by atoms with van der Waals surface area (Å²) < 4.78 is 15.5. The molecule has 0 fully saturated rings. The first kappa shape index (κ1) is 25.9. The molecule has 172 valence electrons. The van der Waals surface area contributed by atoms with Crippen LogP contribution in [0.25, 0.3) is 0 Å². The molecule has 0 saturated heterocycles. The van der Waals surface area contributed by atoms with E-state index < -0.39 is 24.0 Å². The van der Waals surface area contributed by atoms with Gasteiger partial charge in [0.1, 0.15) is 22.7 Å². The van der Waals surface area contributed by atoms with Crippen molar-refractivity contribution in [3.05, 3.63) is 56.0 Å². The first-order chi connectivity index (χ1) is 15.1. The van der Waals surface area contributed by atoms with Gasteiger partial charge in [-0.15, -0.1) is 0 Å². The van der Waals surface area contributed by atoms with Crippen LogP contribution < -0.4 is 20.5 Å². The Balaban J connectivity index is 2.19. The van der Waals surface area contributed by atoms with Crippen LogP contribution in [-0.4, -0.2) is 31.1 Å². The number of carbonyl (C=O) groups is 3. The largest absolute Gasteiger partial charge is 0.491 e. The van der Waals surface area contributed by atoms with E-state index in [1.165, 1.54) is 7.11 Å². The summed E-state index contributed by atoms with van der Waals surface area (Å²) in [6.07, 6.45) is -1.29. The minimum Gasteiger partial charge on any atom is -0.491 e. The lowest BCUT2D eigenvalue weighted by Crippen LogP contribution is -2.43. The van der Waals surface area contributed by atoms with E-state index in [-0.39, 0.29) is 51.0 Å². The Morgan fingerprint density at radius 1 is 0.969 bits per heavy atom. The first-order valence-corrected chi connectivity index (χ1v) is 10.5. The molecule has 1 atom stereocenters. The second-order valence-electron chi connectivity index (χ2n) is 6.30. The predicted molar refractivity (Wildman–Crippen MR) is 121 cm³/mol. The number of esters is 1. The number of hydrogen-bond donors (Lipinski definition) is 2. The Morgan fingerprint density at radius 3 is 2.12 bits per heavy atom. The van der Waals surface area contributed by atoms with Gasteiger partial charge in [0, 0.05) is 6.42 Å². The van der Waals surface area contributed by atoms with Crippen LogP contribution in [0.4, 0.5) is 4.79 Å². The van der Waals surface area contributed by atoms with Crippen molar-refractivity contribution in [1.82, 2.24) is 5.32 Å². The summed E-state index contributed by atoms with van der Waals surface area (Å²) in [6.45, 7) is -0.0354. The summed E-state index contributed by atoms with van der Waals surface area (Å²) >= 11 is 24.2. The molecule has 3 N–H and O–H groups in total. The number of alkyl carbamates (subject to hydrolysis) is 1. The number of nitrogens with one attached hydrogen (secondary N) is 1. The minimum absolute atomic E-state index is 0.0354. The SMILES string of the molecule is COc1c(Cl)c(Cl)c(Cl)c(Cl)c1OC(=O)C(CCC(N)=O)NC(=O)OCc1ccccc1. The lowest BCUT2D eigenvalue weighted by Gasteiger charge is -2.19. The van der Waals surface area contributed by atoms with Gasteiger partial charge >= 0.3 is 12.1 Å². The molecule has 0 aliphatic rings. The first-order valence-electron chi connectivity index (χ1n) is 9.02. The molecule has 0 aliphatic heterocycles. The van der Waals surface area contributed by atoms with Crippen molar-refractivity contribution in [3.8, 4) is 11.5 Å². The molecule has 2 rings (SSSR count). The average molecular weight is 524 g/mol. The maximum atomic E-state index is 12.8. The van der Waals surface area contributed by atoms with Crippen LogP contribution in [-0.2, 0) is 20.9 Å². The third kappa shape index (κ3) is 6.80. The third-order valence-corrected chi connectivity index (χ3v) is 5.83. The zero-order valence-corrected chi connectivity index (χ0v) is 19.6. The second-order valence-corrected chi connectivity index (χ2v) is 7.81. The monoisotopic (exact) mass is 522 g/mol. The van der Waals surface area contributed by atoms with E-state index >= 15 is 0 Å². The highest BCUT2D eigenvalue weighted by Crippen LogP contribution is 2.50. The van der Waals surface area contributed by atoms with Crippen molar-refractivity contribution in [2.24, 2.45) is 5.73 Å². The maximum absolute atomic E-state index is 12.8. The van der Waals surface area contributed by atoms with Crippen molar-refractivity contribution >= 4 is 64.4 Å². The Labute approximate surface area is 203 Å². The molecule has 1 unspecified atom stereocenters. The minimum atomic E-state index is -1.31. The van der Waals surface area contributed by atoms with Gasteiger partial charge in [0.15, 0.2) is 11.5 Å². The molecule has 0 bridgehead atoms. The maximum Gasteiger partial charge on any atom is 0.408 e. The van der Waals surface area contributed by atoms with E-state index in [0.29, 0.717) is 0 Å². The molecule has 12 heteroatoms. The van der Waals surface area contributed by atoms with E-state index in [1.54, 1.807) is 24.3 Å². The van der Waals surface area contributed by atoms with E-state index in [0.717, 1.165) is 5.56 Å². The summed E-state index contributed by atoms with van der Waals surface area (Å²) in [5.41, 5.74) is 5.90. The van der Waals surface area contributed by atoms with Gasteiger partial charge in [0.25, 0.3) is 0 Å². The lowest BCUT2D eigenvalue weighted by molar-refractivity contribution is -0.137. The number of methoxy groups -OCH3 is 1. The zero-order valence-electron chi connectivity index (χ0n) is 16.6. The lowest BCUT2D eigenvalue weighted by atomic mass is 10.1. The number of benzene rings is 2. The Morgan fingerprint density at radius 2 is 1.56 bits per heavy atom. The summed E-state index contributed by atoms with van der Waals surface area (Å²) in [5.74, 6) is -2.12. The molecular formula is C20H18Cl4N2O6. The van der Waals surface area contributed by atoms with Gasteiger partial charge in [-0.05, 0) is 12.0 Å². The number of primary amides is 1. The van der Waals surface area contributed by atoms with E-state index in [2.05, 4.69) is 5.32 Å². The quantitative estimate of drug-likeness (QED) is 0.211. The van der Waals surface area contributed by atoms with Crippen LogP contribution in [0.1, 0.15) is 18.4 Å². The smallest absolute Gasteiger partial charge is 0.408 e. The van der Waals surface area contributed by atoms with Gasteiger partial charge in [0.05, 0.1) is 17.2 Å². The highest BCUT2D eigenvalue weighted by molar-refractivity contribution is 6.53. The molecule has 32 heavy (non-hydrogen) atoms. The van der Waals surface area contributed by atoms with Crippen molar-refractivity contribution < 1.29 is 28.6 Å². The summed E-state index contributed by atoms with van der Waals surface area (Å²) in [7, 11) is 1.25. The highest BCUT2D eigenvalue weighted by Gasteiger charge is 2.29. The number of hydrogen-bond acceptors (Lipinski definition) is 6. The van der Waals surface area contributed by atoms with Crippen molar-refractivity contribution in [2.45, 2.75) is 25.5 Å². The van der Waals surface area contributed by atoms with Crippen molar-refractivity contribution in [2.75, 3.05) is 7.11 Å². The van der Waals surface area contributed by atoms with Crippen molar-refractivity contribution in [3.63, 3.8) is 0 Å². The predicted octanol–water partition coefficient (Wildman–Crippen LogP) is 4.77. The Bertz CT molecular complexity index is 1000. The van der Waals surface area contributed by atoms with E-state index in [4.69, 9.17) is 66.3 Å². The van der Waals surface area contributed by atoms with Crippen LogP contribution in [0.2, 0.25) is 20.1 Å². The third-order valence-electron chi connectivity index (χ3n) is 4.06. The van der Waals surface area contributed by atoms with Gasteiger partial charge in [-0.2, -0.15) is 0 Å². The number of rotatable bonds is 9. The van der Waals surface area contributed by atoms with E-state index in [9.17, 15) is 14.4 Å². The fourth-order valence-corrected chi connectivity index (χ4v) is 3.41. The van der Waals surface area contributed by atoms with Crippen LogP contribution in [0.3, 0.4) is 0 Å². The van der Waals surface area contributed by atoms with Gasteiger partial charge < -0.3 is 25.3 Å². The topological polar surface area (TPSA) is 117 Å². The fraction of sp³-hybridized carbons (Fsp3) is 0.250. The Hall–Kier alpha value is -2.39. The second kappa shape index (κ2) is 12.0. The molecule has 0 aromatic heterocycles. The molecule has 2 amide bonds. The molecule has 0 aliphatic carbocycles. The van der Waals surface area contributed by atoms with Gasteiger partial charge in [-0.3, -0.25) is 4.79 Å². The molecule has 0 heterocycles. The van der Waals surface area contributed by atoms with Crippen LogP contribution in [0, 0.1) is 0 Å². The zero-order chi connectivity index (χ0) is 23.8. The van der Waals surface area contributed by atoms with Crippen LogP contribution >= 0.6 is 46.4 Å². The standard InChI is InChI=1S/C20H18Cl4N2O6/c1-30-17-15(23)13(21)14(22)16(24)18(17)32-19(28)11(7-8-12(25)27)26-20(29)31-9-10-5-3-2-4-6-10/h2-6,11H,7-9H2,1H3,(H2,25,27)(H,26,29). The van der Waals surface area contributed by atoms with Crippen LogP contribution in [0.15, 0.2) is 30.3 Å². The van der Waals surface area contributed by atoms with Gasteiger partial charge in [0.2, 0.25) is 5.91 Å². The van der Waals surface area contributed by atoms with Gasteiger partial charge in [-0.25, -0.2) is 9.59 Å². The summed E-state index contributed by atoms with van der Waals surface area (Å²) in [6, 6.07) is 7.59. The molecule has 2 aromatic rings. The number of carbonyl (C=O) groups excluding carboxylic acids is 3. The molecular weight excluding hydrogens is 506 g/mol. The molecule has 8 nitrogen and oxygen atoms in total. The molecule has 0 spiro atoms. The van der Waals surface area contributed by atoms with Gasteiger partial charge in [-0.1, -0.05) is 76.7 Å². The van der Waals surface area contributed by atoms with Crippen molar-refractivity contribution in [1.29, 1.82) is 0 Å². The summed E-state index contributed by atoms with van der Waals surface area (Å²) in [5, 5.41) is 1.73. The highest BCUT2D eigenvalue weighted by atomic mass is 35.5. The molecule has 2 aromatic carbocycles. The average Bonchev–Trinajstić information content (AvgIpc) is 2.78. The van der Waals surface area contributed by atoms with Crippen LogP contribution in [0.5, 0.6) is 11.5 Å².